The molecule has 0 N–H and O–H groups in total. The van der Waals surface area contributed by atoms with E-state index in [2.05, 4.69) is 9.97 Å². The molecule has 1 aliphatic rings. The number of likely N-dealkylation sites (tertiary alicyclic amines) is 1. The van der Waals surface area contributed by atoms with Gasteiger partial charge in [0, 0.05) is 35.4 Å². The highest BCUT2D eigenvalue weighted by Gasteiger charge is 2.47. The Balaban J connectivity index is 1.62. The highest BCUT2D eigenvalue weighted by atomic mass is 35.5. The number of pyridine rings is 1. The maximum Gasteiger partial charge on any atom is 0.331 e. The quantitative estimate of drug-likeness (QED) is 0.519. The number of hydrogen-bond donors (Lipinski definition) is 0. The van der Waals surface area contributed by atoms with Crippen molar-refractivity contribution in [2.24, 2.45) is 0 Å². The number of aryl methyl sites for hydroxylation is 2. The lowest BCUT2D eigenvalue weighted by Gasteiger charge is -2.32. The average Bonchev–Trinajstić information content (AvgIpc) is 3.39. The van der Waals surface area contributed by atoms with Crippen LogP contribution < -0.4 is 4.74 Å². The number of aromatic nitrogens is 2. The van der Waals surface area contributed by atoms with Crippen LogP contribution in [-0.2, 0) is 22.4 Å². The number of rotatable bonds is 6. The van der Waals surface area contributed by atoms with Crippen LogP contribution >= 0.6 is 11.6 Å². The fourth-order valence-electron chi connectivity index (χ4n) is 4.13. The Bertz CT molecular complexity index is 1180. The van der Waals surface area contributed by atoms with Crippen molar-refractivity contribution in [1.29, 1.82) is 0 Å². The van der Waals surface area contributed by atoms with E-state index in [1.807, 2.05) is 0 Å². The van der Waals surface area contributed by atoms with Crippen LogP contribution in [0.4, 0.5) is 0 Å². The number of carbonyl (C=O) groups is 2. The lowest BCUT2D eigenvalue weighted by molar-refractivity contribution is -0.151. The number of esters is 1. The van der Waals surface area contributed by atoms with Crippen LogP contribution in [0.5, 0.6) is 5.75 Å². The fourth-order valence-corrected chi connectivity index (χ4v) is 4.31. The van der Waals surface area contributed by atoms with Crippen LogP contribution in [0.2, 0.25) is 5.02 Å². The SMILES string of the molecule is COC(=O)C1(C)CCCN1C(=O)c1cc(OC)c2oc(CCc3cc(Cl)ccn3)nc2c1. The first-order valence-electron chi connectivity index (χ1n) is 10.3. The topological polar surface area (TPSA) is 94.8 Å². The summed E-state index contributed by atoms with van der Waals surface area (Å²) >= 11 is 6.02. The number of oxazole rings is 1. The number of nitrogens with zero attached hydrogens (tertiary/aromatic N) is 3. The third-order valence-corrected chi connectivity index (χ3v) is 6.09. The maximum absolute atomic E-state index is 13.3. The van der Waals surface area contributed by atoms with Crippen molar-refractivity contribution in [2.45, 2.75) is 38.1 Å². The molecule has 0 aliphatic carbocycles. The number of methoxy groups -OCH3 is 2. The molecular weight excluding hydrogens is 434 g/mol. The van der Waals surface area contributed by atoms with Gasteiger partial charge in [-0.1, -0.05) is 11.6 Å². The molecule has 1 saturated heterocycles. The molecule has 0 radical (unpaired) electrons. The van der Waals surface area contributed by atoms with E-state index in [0.29, 0.717) is 59.1 Å². The predicted molar refractivity (Wildman–Crippen MR) is 118 cm³/mol. The van der Waals surface area contributed by atoms with E-state index < -0.39 is 11.5 Å². The number of benzene rings is 1. The lowest BCUT2D eigenvalue weighted by Crippen LogP contribution is -2.51. The number of halogens is 1. The van der Waals surface area contributed by atoms with Gasteiger partial charge in [-0.15, -0.1) is 0 Å². The molecule has 1 amide bonds. The maximum atomic E-state index is 13.3. The van der Waals surface area contributed by atoms with Gasteiger partial charge in [-0.2, -0.15) is 0 Å². The normalized spacial score (nSPS) is 18.2. The third kappa shape index (κ3) is 4.02. The summed E-state index contributed by atoms with van der Waals surface area (Å²) in [6.07, 6.45) is 4.05. The van der Waals surface area contributed by atoms with Crippen molar-refractivity contribution in [2.75, 3.05) is 20.8 Å². The van der Waals surface area contributed by atoms with Gasteiger partial charge in [0.25, 0.3) is 5.91 Å². The van der Waals surface area contributed by atoms with Crippen molar-refractivity contribution in [1.82, 2.24) is 14.9 Å². The van der Waals surface area contributed by atoms with Gasteiger partial charge < -0.3 is 18.8 Å². The van der Waals surface area contributed by atoms with Crippen LogP contribution in [0, 0.1) is 0 Å². The molecule has 1 unspecified atom stereocenters. The standard InChI is InChI=1S/C23H24ClN3O5/c1-23(22(29)31-3)8-4-10-27(23)21(28)14-11-17-20(18(12-14)30-2)32-19(26-17)6-5-16-13-15(24)7-9-25-16/h7,9,11-13H,4-6,8,10H2,1-3H3. The Labute approximate surface area is 190 Å². The molecule has 1 atom stereocenters. The molecule has 168 valence electrons. The Morgan fingerprint density at radius 2 is 2.06 bits per heavy atom. The first-order chi connectivity index (χ1) is 15.4. The van der Waals surface area contributed by atoms with Crippen LogP contribution in [0.15, 0.2) is 34.9 Å². The van der Waals surface area contributed by atoms with Crippen molar-refractivity contribution in [3.63, 3.8) is 0 Å². The molecule has 0 saturated carbocycles. The van der Waals surface area contributed by atoms with Gasteiger partial charge in [-0.3, -0.25) is 9.78 Å². The van der Waals surface area contributed by atoms with Gasteiger partial charge in [-0.05, 0) is 50.5 Å². The Hall–Kier alpha value is -3.13. The van der Waals surface area contributed by atoms with Crippen molar-refractivity contribution in [3.8, 4) is 5.75 Å². The van der Waals surface area contributed by atoms with Gasteiger partial charge >= 0.3 is 5.97 Å². The van der Waals surface area contributed by atoms with E-state index in [-0.39, 0.29) is 5.91 Å². The predicted octanol–water partition coefficient (Wildman–Crippen LogP) is 3.84. The molecule has 0 spiro atoms. The molecule has 3 heterocycles. The summed E-state index contributed by atoms with van der Waals surface area (Å²) in [5.41, 5.74) is 1.20. The summed E-state index contributed by atoms with van der Waals surface area (Å²) in [6.45, 7) is 2.21. The van der Waals surface area contributed by atoms with Gasteiger partial charge in [0.1, 0.15) is 11.1 Å². The summed E-state index contributed by atoms with van der Waals surface area (Å²) < 4.78 is 16.3. The highest BCUT2D eigenvalue weighted by molar-refractivity contribution is 6.30. The monoisotopic (exact) mass is 457 g/mol. The van der Waals surface area contributed by atoms with E-state index >= 15 is 0 Å². The lowest BCUT2D eigenvalue weighted by atomic mass is 9.98. The van der Waals surface area contributed by atoms with Crippen LogP contribution in [0.3, 0.4) is 0 Å². The van der Waals surface area contributed by atoms with Crippen LogP contribution in [-0.4, -0.2) is 53.0 Å². The minimum Gasteiger partial charge on any atom is -0.493 e. The molecule has 2 aromatic heterocycles. The van der Waals surface area contributed by atoms with Crippen molar-refractivity contribution >= 4 is 34.6 Å². The third-order valence-electron chi connectivity index (χ3n) is 5.85. The number of ether oxygens (including phenoxy) is 2. The molecular formula is C23H24ClN3O5. The molecule has 1 aliphatic heterocycles. The second-order valence-electron chi connectivity index (χ2n) is 7.93. The molecule has 0 bridgehead atoms. The molecule has 9 heteroatoms. The Kier molecular flexibility index (Phi) is 6.06. The Morgan fingerprint density at radius 3 is 2.78 bits per heavy atom. The van der Waals surface area contributed by atoms with E-state index in [1.165, 1.54) is 14.2 Å². The summed E-state index contributed by atoms with van der Waals surface area (Å²) in [5, 5.41) is 0.623. The summed E-state index contributed by atoms with van der Waals surface area (Å²) in [6, 6.07) is 6.81. The van der Waals surface area contributed by atoms with Gasteiger partial charge in [0.2, 0.25) is 0 Å². The fraction of sp³-hybridized carbons (Fsp3) is 0.391. The minimum atomic E-state index is -0.993. The molecule has 32 heavy (non-hydrogen) atoms. The van der Waals surface area contributed by atoms with Crippen molar-refractivity contribution in [3.05, 3.63) is 52.6 Å². The average molecular weight is 458 g/mol. The summed E-state index contributed by atoms with van der Waals surface area (Å²) in [5.74, 6) is 0.215. The van der Waals surface area contributed by atoms with Gasteiger partial charge in [0.05, 0.1) is 14.2 Å². The van der Waals surface area contributed by atoms with Crippen molar-refractivity contribution < 1.29 is 23.5 Å². The van der Waals surface area contributed by atoms with E-state index in [4.69, 9.17) is 25.5 Å². The summed E-state index contributed by atoms with van der Waals surface area (Å²) in [4.78, 5) is 36.1. The second-order valence-corrected chi connectivity index (χ2v) is 8.36. The van der Waals surface area contributed by atoms with E-state index in [0.717, 1.165) is 12.1 Å². The second kappa shape index (κ2) is 8.78. The molecule has 8 nitrogen and oxygen atoms in total. The smallest absolute Gasteiger partial charge is 0.331 e. The number of carbonyl (C=O) groups excluding carboxylic acids is 2. The molecule has 3 aromatic rings. The first-order valence-corrected chi connectivity index (χ1v) is 10.7. The summed E-state index contributed by atoms with van der Waals surface area (Å²) in [7, 11) is 2.84. The minimum absolute atomic E-state index is 0.275. The number of hydrogen-bond acceptors (Lipinski definition) is 7. The largest absolute Gasteiger partial charge is 0.493 e. The zero-order valence-corrected chi connectivity index (χ0v) is 18.9. The zero-order valence-electron chi connectivity index (χ0n) is 18.2. The van der Waals surface area contributed by atoms with E-state index in [9.17, 15) is 9.59 Å². The van der Waals surface area contributed by atoms with E-state index in [1.54, 1.807) is 42.3 Å². The first kappa shape index (κ1) is 22.1. The number of amides is 1. The highest BCUT2D eigenvalue weighted by Crippen LogP contribution is 2.34. The Morgan fingerprint density at radius 1 is 1.25 bits per heavy atom. The molecule has 1 aromatic carbocycles. The number of fused-ring (bicyclic) bond motifs is 1. The van der Waals surface area contributed by atoms with Gasteiger partial charge in [0.15, 0.2) is 17.2 Å². The molecule has 4 rings (SSSR count). The van der Waals surface area contributed by atoms with Crippen LogP contribution in [0.1, 0.15) is 41.7 Å². The zero-order chi connectivity index (χ0) is 22.9. The van der Waals surface area contributed by atoms with Crippen LogP contribution in [0.25, 0.3) is 11.1 Å². The molecule has 1 fully saturated rings. The van der Waals surface area contributed by atoms with Gasteiger partial charge in [-0.25, -0.2) is 9.78 Å².